The van der Waals surface area contributed by atoms with Gasteiger partial charge in [-0.2, -0.15) is 0 Å². The van der Waals surface area contributed by atoms with E-state index >= 15 is 0 Å². The first-order chi connectivity index (χ1) is 13.9. The summed E-state index contributed by atoms with van der Waals surface area (Å²) in [7, 11) is -2.73. The molecular formula is C17H30N3O8PS. The minimum absolute atomic E-state index is 0.0247. The summed E-state index contributed by atoms with van der Waals surface area (Å²) < 4.78 is 28.1. The Hall–Kier alpha value is -1.46. The Kier molecular flexibility index (Phi) is 10.5. The minimum Gasteiger partial charge on any atom is -0.468 e. The third-order valence-corrected chi connectivity index (χ3v) is 6.56. The molecule has 1 heterocycles. The summed E-state index contributed by atoms with van der Waals surface area (Å²) >= 11 is 1.11. The van der Waals surface area contributed by atoms with Gasteiger partial charge in [0, 0.05) is 37.6 Å². The zero-order chi connectivity index (χ0) is 22.9. The van der Waals surface area contributed by atoms with E-state index in [2.05, 4.69) is 20.5 Å². The highest BCUT2D eigenvalue weighted by molar-refractivity contribution is 8.13. The molecule has 0 aromatic rings. The van der Waals surface area contributed by atoms with E-state index in [0.717, 1.165) is 11.8 Å². The Morgan fingerprint density at radius 3 is 2.50 bits per heavy atom. The average molecular weight is 467 g/mol. The predicted molar refractivity (Wildman–Crippen MR) is 111 cm³/mol. The van der Waals surface area contributed by atoms with E-state index in [-0.39, 0.29) is 30.6 Å². The number of thioether (sulfide) groups is 1. The van der Waals surface area contributed by atoms with Crippen molar-refractivity contribution >= 4 is 42.4 Å². The van der Waals surface area contributed by atoms with Crippen LogP contribution in [0.2, 0.25) is 0 Å². The first-order valence-corrected chi connectivity index (χ1v) is 11.9. The maximum Gasteiger partial charge on any atom is 0.407 e. The molecule has 1 saturated heterocycles. The van der Waals surface area contributed by atoms with Crippen molar-refractivity contribution in [2.24, 2.45) is 5.41 Å². The zero-order valence-electron chi connectivity index (χ0n) is 17.8. The van der Waals surface area contributed by atoms with Crippen LogP contribution >= 0.6 is 19.5 Å². The number of ether oxygens (including phenoxy) is 1. The van der Waals surface area contributed by atoms with Gasteiger partial charge in [-0.15, -0.1) is 0 Å². The second-order valence-corrected chi connectivity index (χ2v) is 10.3. The standard InChI is InChI=1S/C17H30N3O8PS/c1-11(16(24)26-5)20-29(25)27-10-17(3,4)14(28-29)15(23)19-7-6-13(22)18-8-9-30-12(2)21/h11,14H,6-10H2,1-5H3,(H,18,22)(H,19,23)(H,20,25)/t11-,14-,29?/m0/s1. The van der Waals surface area contributed by atoms with Gasteiger partial charge >= 0.3 is 13.7 Å². The van der Waals surface area contributed by atoms with Crippen LogP contribution in [0.5, 0.6) is 0 Å². The molecule has 0 aliphatic carbocycles. The molecule has 1 fully saturated rings. The molecule has 172 valence electrons. The molecule has 1 unspecified atom stereocenters. The monoisotopic (exact) mass is 467 g/mol. The highest BCUT2D eigenvalue weighted by atomic mass is 32.2. The van der Waals surface area contributed by atoms with Crippen molar-refractivity contribution in [3.05, 3.63) is 0 Å². The van der Waals surface area contributed by atoms with Gasteiger partial charge in [0.25, 0.3) is 0 Å². The van der Waals surface area contributed by atoms with Crippen LogP contribution in [0.3, 0.4) is 0 Å². The number of amides is 2. The smallest absolute Gasteiger partial charge is 0.407 e. The summed E-state index contributed by atoms with van der Waals surface area (Å²) in [5.41, 5.74) is -0.791. The van der Waals surface area contributed by atoms with Gasteiger partial charge < -0.3 is 15.4 Å². The van der Waals surface area contributed by atoms with E-state index in [4.69, 9.17) is 9.05 Å². The summed E-state index contributed by atoms with van der Waals surface area (Å²) in [6.07, 6.45) is -1.08. The van der Waals surface area contributed by atoms with E-state index < -0.39 is 37.2 Å². The third-order valence-electron chi connectivity index (χ3n) is 4.09. The fourth-order valence-electron chi connectivity index (χ4n) is 2.44. The Balaban J connectivity index is 2.55. The molecule has 0 aromatic heterocycles. The summed E-state index contributed by atoms with van der Waals surface area (Å²) in [5.74, 6) is -0.998. The van der Waals surface area contributed by atoms with Crippen molar-refractivity contribution in [2.45, 2.75) is 46.3 Å². The second-order valence-electron chi connectivity index (χ2n) is 7.35. The van der Waals surface area contributed by atoms with Crippen LogP contribution in [-0.4, -0.2) is 67.6 Å². The molecule has 1 aliphatic rings. The summed E-state index contributed by atoms with van der Waals surface area (Å²) in [6.45, 7) is 6.66. The zero-order valence-corrected chi connectivity index (χ0v) is 19.5. The number of rotatable bonds is 10. The van der Waals surface area contributed by atoms with E-state index in [1.807, 2.05) is 0 Å². The van der Waals surface area contributed by atoms with Crippen LogP contribution < -0.4 is 15.7 Å². The Morgan fingerprint density at radius 1 is 1.23 bits per heavy atom. The van der Waals surface area contributed by atoms with Crippen LogP contribution in [0.25, 0.3) is 0 Å². The fourth-order valence-corrected chi connectivity index (χ4v) is 4.87. The van der Waals surface area contributed by atoms with Gasteiger partial charge in [-0.05, 0) is 6.92 Å². The van der Waals surface area contributed by atoms with E-state index in [0.29, 0.717) is 12.3 Å². The third kappa shape index (κ3) is 8.73. The first-order valence-electron chi connectivity index (χ1n) is 9.36. The summed E-state index contributed by atoms with van der Waals surface area (Å²) in [4.78, 5) is 46.8. The maximum atomic E-state index is 12.8. The number of methoxy groups -OCH3 is 1. The molecule has 1 rings (SSSR count). The fraction of sp³-hybridized carbons (Fsp3) is 0.765. The average Bonchev–Trinajstić information content (AvgIpc) is 2.66. The lowest BCUT2D eigenvalue weighted by molar-refractivity contribution is -0.142. The molecular weight excluding hydrogens is 437 g/mol. The molecule has 0 bridgehead atoms. The first kappa shape index (κ1) is 26.6. The van der Waals surface area contributed by atoms with Crippen molar-refractivity contribution < 1.29 is 37.5 Å². The quantitative estimate of drug-likeness (QED) is 0.237. The number of nitrogens with one attached hydrogen (secondary N) is 3. The largest absolute Gasteiger partial charge is 0.468 e. The van der Waals surface area contributed by atoms with Crippen molar-refractivity contribution in [3.63, 3.8) is 0 Å². The second kappa shape index (κ2) is 11.8. The number of esters is 1. The summed E-state index contributed by atoms with van der Waals surface area (Å²) in [5, 5.41) is 7.66. The summed E-state index contributed by atoms with van der Waals surface area (Å²) in [6, 6.07) is -0.962. The molecule has 1 aliphatic heterocycles. The highest BCUT2D eigenvalue weighted by Crippen LogP contribution is 2.53. The van der Waals surface area contributed by atoms with Gasteiger partial charge in [-0.25, -0.2) is 9.65 Å². The number of hydrogen-bond donors (Lipinski definition) is 3. The topological polar surface area (TPSA) is 149 Å². The lowest BCUT2D eigenvalue weighted by Gasteiger charge is -2.40. The molecule has 0 radical (unpaired) electrons. The van der Waals surface area contributed by atoms with Gasteiger partial charge in [0.15, 0.2) is 11.2 Å². The van der Waals surface area contributed by atoms with Crippen molar-refractivity contribution in [1.29, 1.82) is 0 Å². The van der Waals surface area contributed by atoms with Crippen molar-refractivity contribution in [3.8, 4) is 0 Å². The van der Waals surface area contributed by atoms with Gasteiger partial charge in [0.05, 0.1) is 13.7 Å². The Morgan fingerprint density at radius 2 is 1.90 bits per heavy atom. The van der Waals surface area contributed by atoms with Crippen molar-refractivity contribution in [1.82, 2.24) is 15.7 Å². The molecule has 0 saturated carbocycles. The molecule has 2 amide bonds. The van der Waals surface area contributed by atoms with Crippen LogP contribution in [0, 0.1) is 5.41 Å². The van der Waals surface area contributed by atoms with Gasteiger partial charge in [0.2, 0.25) is 11.8 Å². The molecule has 13 heteroatoms. The van der Waals surface area contributed by atoms with E-state index in [1.165, 1.54) is 21.0 Å². The van der Waals surface area contributed by atoms with E-state index in [9.17, 15) is 23.7 Å². The highest BCUT2D eigenvalue weighted by Gasteiger charge is 2.48. The Labute approximate surface area is 180 Å². The number of carbonyl (C=O) groups excluding carboxylic acids is 4. The minimum atomic E-state index is -3.93. The van der Waals surface area contributed by atoms with Gasteiger partial charge in [-0.1, -0.05) is 25.6 Å². The number of carbonyl (C=O) groups is 4. The van der Waals surface area contributed by atoms with Gasteiger partial charge in [-0.3, -0.25) is 28.2 Å². The molecule has 3 N–H and O–H groups in total. The number of hydrogen-bond acceptors (Lipinski definition) is 9. The SMILES string of the molecule is COC(=O)[C@H](C)NP1(=O)OCC(C)(C)[C@H](C(=O)NCCC(=O)NCCSC(C)=O)O1. The lowest BCUT2D eigenvalue weighted by Crippen LogP contribution is -2.51. The molecule has 0 aromatic carbocycles. The van der Waals surface area contributed by atoms with Crippen LogP contribution in [-0.2, 0) is 37.5 Å². The normalized spacial score (nSPS) is 23.8. The molecule has 3 atom stereocenters. The molecule has 11 nitrogen and oxygen atoms in total. The van der Waals surface area contributed by atoms with Gasteiger partial charge in [0.1, 0.15) is 6.04 Å². The predicted octanol–water partition coefficient (Wildman–Crippen LogP) is 0.589. The van der Waals surface area contributed by atoms with Crippen LogP contribution in [0.4, 0.5) is 0 Å². The van der Waals surface area contributed by atoms with Crippen LogP contribution in [0.15, 0.2) is 0 Å². The van der Waals surface area contributed by atoms with Crippen LogP contribution in [0.1, 0.15) is 34.1 Å². The van der Waals surface area contributed by atoms with E-state index in [1.54, 1.807) is 13.8 Å². The maximum absolute atomic E-state index is 12.8. The van der Waals surface area contributed by atoms with Crippen molar-refractivity contribution in [2.75, 3.05) is 32.6 Å². The Bertz CT molecular complexity index is 702. The molecule has 30 heavy (non-hydrogen) atoms. The molecule has 0 spiro atoms. The lowest BCUT2D eigenvalue weighted by atomic mass is 9.87.